The average Bonchev–Trinajstić information content (AvgIpc) is 2.65. The summed E-state index contributed by atoms with van der Waals surface area (Å²) in [7, 11) is 0. The van der Waals surface area contributed by atoms with Crippen molar-refractivity contribution in [2.45, 2.75) is 64.9 Å². The first kappa shape index (κ1) is 28.1. The molecule has 0 aromatic heterocycles. The Hall–Kier alpha value is -1.92. The van der Waals surface area contributed by atoms with Gasteiger partial charge in [0.2, 0.25) is 0 Å². The fourth-order valence-electron chi connectivity index (χ4n) is 3.22. The minimum absolute atomic E-state index is 0. The molecule has 1 amide bonds. The van der Waals surface area contributed by atoms with E-state index in [0.29, 0.717) is 32.5 Å². The third-order valence-corrected chi connectivity index (χ3v) is 4.60. The van der Waals surface area contributed by atoms with Crippen molar-refractivity contribution < 1.29 is 27.4 Å². The second-order valence-corrected chi connectivity index (χ2v) is 8.34. The van der Waals surface area contributed by atoms with Crippen molar-refractivity contribution in [2.24, 2.45) is 10.7 Å². The van der Waals surface area contributed by atoms with Crippen molar-refractivity contribution >= 4 is 36.0 Å². The lowest BCUT2D eigenvalue weighted by molar-refractivity contribution is -0.138. The Balaban J connectivity index is 0.00000512. The lowest BCUT2D eigenvalue weighted by atomic mass is 10.1. The van der Waals surface area contributed by atoms with Gasteiger partial charge in [0.05, 0.1) is 18.7 Å². The van der Waals surface area contributed by atoms with E-state index in [0.717, 1.165) is 6.07 Å². The van der Waals surface area contributed by atoms with Gasteiger partial charge in [-0.05, 0) is 58.2 Å². The second kappa shape index (κ2) is 11.8. The summed E-state index contributed by atoms with van der Waals surface area (Å²) in [5, 5.41) is 3.02. The molecule has 1 fully saturated rings. The van der Waals surface area contributed by atoms with Crippen LogP contribution in [0.5, 0.6) is 5.75 Å². The van der Waals surface area contributed by atoms with Crippen LogP contribution in [0.4, 0.5) is 18.0 Å². The molecule has 0 radical (unpaired) electrons. The van der Waals surface area contributed by atoms with Gasteiger partial charge in [0.25, 0.3) is 0 Å². The number of piperidine rings is 1. The van der Waals surface area contributed by atoms with Crippen molar-refractivity contribution in [3.63, 3.8) is 0 Å². The zero-order valence-corrected chi connectivity index (χ0v) is 21.1. The number of hydrogen-bond acceptors (Lipinski definition) is 4. The van der Waals surface area contributed by atoms with E-state index in [9.17, 15) is 18.0 Å². The predicted molar refractivity (Wildman–Crippen MR) is 127 cm³/mol. The number of alkyl halides is 3. The zero-order chi connectivity index (χ0) is 23.2. The van der Waals surface area contributed by atoms with Gasteiger partial charge in [-0.3, -0.25) is 0 Å². The highest BCUT2D eigenvalue weighted by Gasteiger charge is 2.34. The summed E-state index contributed by atoms with van der Waals surface area (Å²) in [6, 6.07) is 3.84. The highest BCUT2D eigenvalue weighted by molar-refractivity contribution is 14.0. The molecule has 1 aliphatic rings. The fraction of sp³-hybridized carbons (Fsp3) is 0.619. The maximum absolute atomic E-state index is 13.5. The molecule has 11 heteroatoms. The summed E-state index contributed by atoms with van der Waals surface area (Å²) in [5.74, 6) is 0.213. The van der Waals surface area contributed by atoms with E-state index in [1.54, 1.807) is 32.6 Å². The van der Waals surface area contributed by atoms with Gasteiger partial charge in [-0.1, -0.05) is 6.07 Å². The van der Waals surface area contributed by atoms with Crippen LogP contribution in [0.25, 0.3) is 0 Å². The number of ether oxygens (including phenoxy) is 2. The molecule has 182 valence electrons. The van der Waals surface area contributed by atoms with E-state index in [-0.39, 0.29) is 59.9 Å². The third kappa shape index (κ3) is 8.91. The van der Waals surface area contributed by atoms with E-state index in [2.05, 4.69) is 10.3 Å². The van der Waals surface area contributed by atoms with Crippen molar-refractivity contribution in [3.8, 4) is 5.75 Å². The first-order chi connectivity index (χ1) is 14.4. The second-order valence-electron chi connectivity index (χ2n) is 8.34. The van der Waals surface area contributed by atoms with E-state index in [1.807, 2.05) is 0 Å². The normalized spacial score (nSPS) is 15.7. The highest BCUT2D eigenvalue weighted by atomic mass is 127. The van der Waals surface area contributed by atoms with Crippen molar-refractivity contribution in [2.75, 3.05) is 19.7 Å². The molecule has 0 spiro atoms. The maximum atomic E-state index is 13.5. The quantitative estimate of drug-likeness (QED) is 0.308. The van der Waals surface area contributed by atoms with Crippen LogP contribution in [-0.4, -0.2) is 48.3 Å². The molecule has 0 atom stereocenters. The summed E-state index contributed by atoms with van der Waals surface area (Å²) in [4.78, 5) is 17.4. The molecule has 0 bridgehead atoms. The topological polar surface area (TPSA) is 89.2 Å². The standard InChI is InChI=1S/C21H31F3N4O3.HI/c1-5-30-19(29)28-10-8-15(9-11-28)27-18(25)26-13-14-6-7-16(31-20(2,3)4)12-17(14)21(22,23)24;/h6-7,12,15H,5,8-11,13H2,1-4H3,(H3,25,26,27);1H. The largest absolute Gasteiger partial charge is 0.488 e. The van der Waals surface area contributed by atoms with Gasteiger partial charge in [-0.2, -0.15) is 13.2 Å². The number of halogens is 4. The van der Waals surface area contributed by atoms with Crippen LogP contribution >= 0.6 is 24.0 Å². The van der Waals surface area contributed by atoms with E-state index in [1.165, 1.54) is 12.1 Å². The maximum Gasteiger partial charge on any atom is 0.416 e. The first-order valence-electron chi connectivity index (χ1n) is 10.3. The Morgan fingerprint density at radius 1 is 1.25 bits per heavy atom. The zero-order valence-electron chi connectivity index (χ0n) is 18.8. The molecule has 1 aromatic carbocycles. The minimum Gasteiger partial charge on any atom is -0.488 e. The molecule has 0 aliphatic carbocycles. The number of rotatable bonds is 5. The van der Waals surface area contributed by atoms with E-state index in [4.69, 9.17) is 15.2 Å². The summed E-state index contributed by atoms with van der Waals surface area (Å²) in [6.07, 6.45) is -3.60. The number of amides is 1. The number of likely N-dealkylation sites (tertiary alicyclic amines) is 1. The SMILES string of the molecule is CCOC(=O)N1CCC(NC(N)=NCc2ccc(OC(C)(C)C)cc2C(F)(F)F)CC1.I. The van der Waals surface area contributed by atoms with Crippen LogP contribution in [0.3, 0.4) is 0 Å². The van der Waals surface area contributed by atoms with Crippen LogP contribution in [-0.2, 0) is 17.5 Å². The molecule has 0 unspecified atom stereocenters. The molecule has 1 saturated heterocycles. The minimum atomic E-state index is -4.54. The van der Waals surface area contributed by atoms with Gasteiger partial charge in [-0.25, -0.2) is 9.79 Å². The molecule has 32 heavy (non-hydrogen) atoms. The number of carbonyl (C=O) groups excluding carboxylic acids is 1. The summed E-state index contributed by atoms with van der Waals surface area (Å²) in [5.41, 5.74) is 4.50. The molecular weight excluding hydrogens is 540 g/mol. The van der Waals surface area contributed by atoms with Crippen LogP contribution < -0.4 is 15.8 Å². The summed E-state index contributed by atoms with van der Waals surface area (Å²) < 4.78 is 51.1. The molecule has 0 saturated carbocycles. The molecule has 1 aliphatic heterocycles. The number of hydrogen-bond donors (Lipinski definition) is 2. The van der Waals surface area contributed by atoms with Crippen LogP contribution in [0.15, 0.2) is 23.2 Å². The lowest BCUT2D eigenvalue weighted by Crippen LogP contribution is -2.48. The van der Waals surface area contributed by atoms with Crippen molar-refractivity contribution in [1.82, 2.24) is 10.2 Å². The van der Waals surface area contributed by atoms with E-state index < -0.39 is 17.3 Å². The van der Waals surface area contributed by atoms with Gasteiger partial charge in [0.1, 0.15) is 11.4 Å². The van der Waals surface area contributed by atoms with Crippen LogP contribution in [0.1, 0.15) is 51.7 Å². The molecule has 1 aromatic rings. The molecular formula is C21H32F3IN4O3. The predicted octanol–water partition coefficient (Wildman–Crippen LogP) is 4.53. The number of nitrogens with one attached hydrogen (secondary N) is 1. The Bertz CT molecular complexity index is 789. The molecule has 2 rings (SSSR count). The average molecular weight is 572 g/mol. The summed E-state index contributed by atoms with van der Waals surface area (Å²) in [6.45, 7) is 8.17. The van der Waals surface area contributed by atoms with Crippen molar-refractivity contribution in [1.29, 1.82) is 0 Å². The fourth-order valence-corrected chi connectivity index (χ4v) is 3.22. The van der Waals surface area contributed by atoms with Crippen molar-refractivity contribution in [3.05, 3.63) is 29.3 Å². The smallest absolute Gasteiger partial charge is 0.416 e. The summed E-state index contributed by atoms with van der Waals surface area (Å²) >= 11 is 0. The lowest BCUT2D eigenvalue weighted by Gasteiger charge is -2.31. The number of benzene rings is 1. The van der Waals surface area contributed by atoms with Gasteiger partial charge in [-0.15, -0.1) is 24.0 Å². The monoisotopic (exact) mass is 572 g/mol. The number of nitrogens with two attached hydrogens (primary N) is 1. The molecule has 3 N–H and O–H groups in total. The Morgan fingerprint density at radius 3 is 2.41 bits per heavy atom. The van der Waals surface area contributed by atoms with Gasteiger partial charge >= 0.3 is 12.3 Å². The molecule has 7 nitrogen and oxygen atoms in total. The number of guanidine groups is 1. The highest BCUT2D eigenvalue weighted by Crippen LogP contribution is 2.35. The molecule has 1 heterocycles. The number of nitrogens with zero attached hydrogens (tertiary/aromatic N) is 2. The first-order valence-corrected chi connectivity index (χ1v) is 10.3. The third-order valence-electron chi connectivity index (χ3n) is 4.60. The van der Waals surface area contributed by atoms with Gasteiger partial charge in [0.15, 0.2) is 5.96 Å². The van der Waals surface area contributed by atoms with Gasteiger partial charge < -0.3 is 25.4 Å². The van der Waals surface area contributed by atoms with Gasteiger partial charge in [0, 0.05) is 19.1 Å². The number of aliphatic imine (C=N–C) groups is 1. The Morgan fingerprint density at radius 2 is 1.88 bits per heavy atom. The van der Waals surface area contributed by atoms with Crippen LogP contribution in [0.2, 0.25) is 0 Å². The van der Waals surface area contributed by atoms with Crippen LogP contribution in [0, 0.1) is 0 Å². The van der Waals surface area contributed by atoms with E-state index >= 15 is 0 Å². The Kier molecular flexibility index (Phi) is 10.4. The number of carbonyl (C=O) groups is 1. The Labute approximate surface area is 203 Å².